The number of amides is 1. The Bertz CT molecular complexity index is 830. The second-order valence-corrected chi connectivity index (χ2v) is 9.41. The van der Waals surface area contributed by atoms with Gasteiger partial charge in [0, 0.05) is 12.8 Å². The molecule has 30 heavy (non-hydrogen) atoms. The summed E-state index contributed by atoms with van der Waals surface area (Å²) in [7, 11) is 1.63. The Labute approximate surface area is 180 Å². The third-order valence-electron chi connectivity index (χ3n) is 4.71. The van der Waals surface area contributed by atoms with Crippen LogP contribution in [0.3, 0.4) is 0 Å². The average molecular weight is 414 g/mol. The molecule has 2 aromatic rings. The van der Waals surface area contributed by atoms with Crippen LogP contribution >= 0.6 is 0 Å². The fraction of sp³-hybridized carbons (Fsp3) is 0.480. The lowest BCUT2D eigenvalue weighted by molar-refractivity contribution is -0.118. The molecule has 0 heterocycles. The van der Waals surface area contributed by atoms with Crippen LogP contribution in [0.5, 0.6) is 11.5 Å². The van der Waals surface area contributed by atoms with E-state index in [0.717, 1.165) is 17.1 Å². The molecule has 0 unspecified atom stereocenters. The highest BCUT2D eigenvalue weighted by Gasteiger charge is 2.23. The number of hydrogen-bond acceptors (Lipinski definition) is 4. The van der Waals surface area contributed by atoms with Gasteiger partial charge in [0.25, 0.3) is 5.91 Å². The topological polar surface area (TPSA) is 56.8 Å². The van der Waals surface area contributed by atoms with Crippen molar-refractivity contribution in [3.8, 4) is 11.5 Å². The molecule has 0 fully saturated rings. The van der Waals surface area contributed by atoms with E-state index < -0.39 is 0 Å². The van der Waals surface area contributed by atoms with Crippen molar-refractivity contribution in [3.63, 3.8) is 0 Å². The number of rotatable bonds is 8. The zero-order chi connectivity index (χ0) is 22.4. The molecule has 2 aromatic carbocycles. The van der Waals surface area contributed by atoms with Crippen LogP contribution in [0.2, 0.25) is 0 Å². The molecule has 0 aliphatic rings. The Morgan fingerprint density at radius 1 is 0.867 bits per heavy atom. The van der Waals surface area contributed by atoms with Gasteiger partial charge in [0.2, 0.25) is 0 Å². The van der Waals surface area contributed by atoms with E-state index in [2.05, 4.69) is 59.0 Å². The van der Waals surface area contributed by atoms with Crippen LogP contribution in [0.1, 0.15) is 52.7 Å². The number of hydrogen-bond donors (Lipinski definition) is 1. The van der Waals surface area contributed by atoms with E-state index in [0.29, 0.717) is 18.9 Å². The van der Waals surface area contributed by atoms with Crippen molar-refractivity contribution in [1.82, 2.24) is 0 Å². The summed E-state index contributed by atoms with van der Waals surface area (Å²) in [6.07, 6.45) is 0. The summed E-state index contributed by atoms with van der Waals surface area (Å²) < 4.78 is 16.4. The molecule has 0 bridgehead atoms. The largest absolute Gasteiger partial charge is 0.491 e. The lowest BCUT2D eigenvalue weighted by Gasteiger charge is -2.27. The normalized spacial score (nSPS) is 11.8. The van der Waals surface area contributed by atoms with Crippen LogP contribution in [0.25, 0.3) is 0 Å². The molecule has 0 spiro atoms. The number of carbonyl (C=O) groups is 1. The van der Waals surface area contributed by atoms with Gasteiger partial charge in [-0.05, 0) is 52.3 Å². The fourth-order valence-corrected chi connectivity index (χ4v) is 2.93. The van der Waals surface area contributed by atoms with Crippen LogP contribution in [-0.2, 0) is 20.4 Å². The highest BCUT2D eigenvalue weighted by Crippen LogP contribution is 2.35. The van der Waals surface area contributed by atoms with E-state index in [-0.39, 0.29) is 23.3 Å². The third kappa shape index (κ3) is 7.06. The Morgan fingerprint density at radius 3 is 2.10 bits per heavy atom. The van der Waals surface area contributed by atoms with E-state index in [1.54, 1.807) is 19.2 Å². The molecule has 164 valence electrons. The fourth-order valence-electron chi connectivity index (χ4n) is 2.93. The SMILES string of the molecule is COCCOc1ccc(NC(=O)COc2ccc(C(C)(C)C)cc2C(C)(C)C)cc1. The number of benzene rings is 2. The number of ether oxygens (including phenoxy) is 3. The summed E-state index contributed by atoms with van der Waals surface area (Å²) in [4.78, 5) is 12.4. The van der Waals surface area contributed by atoms with Gasteiger partial charge in [-0.2, -0.15) is 0 Å². The standard InChI is InChI=1S/C25H35NO4/c1-24(2,3)18-8-13-22(21(16-18)25(4,5)6)30-17-23(27)26-19-9-11-20(12-10-19)29-15-14-28-7/h8-13,16H,14-15,17H2,1-7H3,(H,26,27). The minimum absolute atomic E-state index is 0.0509. The van der Waals surface area contributed by atoms with Crippen molar-refractivity contribution < 1.29 is 19.0 Å². The predicted molar refractivity (Wildman–Crippen MR) is 122 cm³/mol. The van der Waals surface area contributed by atoms with Gasteiger partial charge in [0.05, 0.1) is 6.61 Å². The second kappa shape index (κ2) is 9.98. The lowest BCUT2D eigenvalue weighted by Crippen LogP contribution is -2.22. The molecule has 0 saturated heterocycles. The molecule has 2 rings (SSSR count). The first-order chi connectivity index (χ1) is 14.0. The smallest absolute Gasteiger partial charge is 0.262 e. The van der Waals surface area contributed by atoms with Crippen molar-refractivity contribution in [3.05, 3.63) is 53.6 Å². The molecular formula is C25H35NO4. The highest BCUT2D eigenvalue weighted by molar-refractivity contribution is 5.91. The monoisotopic (exact) mass is 413 g/mol. The molecule has 5 nitrogen and oxygen atoms in total. The summed E-state index contributed by atoms with van der Waals surface area (Å²) in [6, 6.07) is 13.5. The molecule has 5 heteroatoms. The molecule has 0 aliphatic carbocycles. The predicted octanol–water partition coefficient (Wildman–Crippen LogP) is 5.32. The van der Waals surface area contributed by atoms with E-state index >= 15 is 0 Å². The van der Waals surface area contributed by atoms with Crippen molar-refractivity contribution in [2.45, 2.75) is 52.4 Å². The minimum Gasteiger partial charge on any atom is -0.491 e. The minimum atomic E-state index is -0.206. The van der Waals surface area contributed by atoms with Crippen LogP contribution in [0, 0.1) is 0 Å². The molecule has 1 amide bonds. The van der Waals surface area contributed by atoms with Gasteiger partial charge in [-0.25, -0.2) is 0 Å². The third-order valence-corrected chi connectivity index (χ3v) is 4.71. The maximum atomic E-state index is 12.4. The Kier molecular flexibility index (Phi) is 7.90. The van der Waals surface area contributed by atoms with E-state index in [1.807, 2.05) is 18.2 Å². The lowest BCUT2D eigenvalue weighted by atomic mass is 9.80. The zero-order valence-electron chi connectivity index (χ0n) is 19.3. The van der Waals surface area contributed by atoms with Crippen LogP contribution < -0.4 is 14.8 Å². The highest BCUT2D eigenvalue weighted by atomic mass is 16.5. The zero-order valence-corrected chi connectivity index (χ0v) is 19.3. The van der Waals surface area contributed by atoms with Gasteiger partial charge in [-0.15, -0.1) is 0 Å². The van der Waals surface area contributed by atoms with E-state index in [1.165, 1.54) is 5.56 Å². The number of nitrogens with one attached hydrogen (secondary N) is 1. The molecule has 1 N–H and O–H groups in total. The van der Waals surface area contributed by atoms with E-state index in [4.69, 9.17) is 14.2 Å². The number of carbonyl (C=O) groups excluding carboxylic acids is 1. The first kappa shape index (κ1) is 23.7. The summed E-state index contributed by atoms with van der Waals surface area (Å²) in [6.45, 7) is 14.0. The molecule has 0 aliphatic heterocycles. The van der Waals surface area contributed by atoms with Crippen LogP contribution in [0.15, 0.2) is 42.5 Å². The maximum absolute atomic E-state index is 12.4. The summed E-state index contributed by atoms with van der Waals surface area (Å²) in [5.41, 5.74) is 3.00. The maximum Gasteiger partial charge on any atom is 0.262 e. The van der Waals surface area contributed by atoms with Crippen LogP contribution in [-0.4, -0.2) is 32.8 Å². The number of anilines is 1. The Balaban J connectivity index is 2.00. The second-order valence-electron chi connectivity index (χ2n) is 9.41. The summed E-state index contributed by atoms with van der Waals surface area (Å²) in [5, 5.41) is 2.86. The van der Waals surface area contributed by atoms with Gasteiger partial charge >= 0.3 is 0 Å². The first-order valence-electron chi connectivity index (χ1n) is 10.3. The summed E-state index contributed by atoms with van der Waals surface area (Å²) >= 11 is 0. The van der Waals surface area contributed by atoms with Gasteiger partial charge in [0.15, 0.2) is 6.61 Å². The Hall–Kier alpha value is -2.53. The van der Waals surface area contributed by atoms with Crippen molar-refractivity contribution >= 4 is 11.6 Å². The van der Waals surface area contributed by atoms with Crippen LogP contribution in [0.4, 0.5) is 5.69 Å². The van der Waals surface area contributed by atoms with Crippen molar-refractivity contribution in [2.24, 2.45) is 0 Å². The van der Waals surface area contributed by atoms with E-state index in [9.17, 15) is 4.79 Å². The molecular weight excluding hydrogens is 378 g/mol. The Morgan fingerprint density at radius 2 is 1.53 bits per heavy atom. The molecule has 0 atom stereocenters. The molecule has 0 radical (unpaired) electrons. The molecule has 0 aromatic heterocycles. The first-order valence-corrected chi connectivity index (χ1v) is 10.3. The van der Waals surface area contributed by atoms with Gasteiger partial charge < -0.3 is 19.5 Å². The molecule has 0 saturated carbocycles. The van der Waals surface area contributed by atoms with Gasteiger partial charge in [-0.3, -0.25) is 4.79 Å². The van der Waals surface area contributed by atoms with Gasteiger partial charge in [-0.1, -0.05) is 53.7 Å². The quantitative estimate of drug-likeness (QED) is 0.595. The average Bonchev–Trinajstić information content (AvgIpc) is 2.66. The number of methoxy groups -OCH3 is 1. The summed E-state index contributed by atoms with van der Waals surface area (Å²) in [5.74, 6) is 1.27. The van der Waals surface area contributed by atoms with Crippen molar-refractivity contribution in [2.75, 3.05) is 32.2 Å². The van der Waals surface area contributed by atoms with Gasteiger partial charge in [0.1, 0.15) is 18.1 Å². The van der Waals surface area contributed by atoms with Crippen molar-refractivity contribution in [1.29, 1.82) is 0 Å².